The summed E-state index contributed by atoms with van der Waals surface area (Å²) in [4.78, 5) is 7.09. The van der Waals surface area contributed by atoms with Crippen LogP contribution in [0.15, 0.2) is 18.3 Å². The van der Waals surface area contributed by atoms with Gasteiger partial charge in [-0.05, 0) is 63.7 Å². The smallest absolute Gasteiger partial charge is 0.0570 e. The fraction of sp³-hybridized carbons (Fsp3) is 0.706. The van der Waals surface area contributed by atoms with Crippen LogP contribution in [0.1, 0.15) is 44.4 Å². The number of nitrogens with one attached hydrogen (secondary N) is 1. The number of rotatable bonds is 6. The second-order valence-corrected chi connectivity index (χ2v) is 6.14. The van der Waals surface area contributed by atoms with E-state index in [1.165, 1.54) is 50.2 Å². The molecule has 0 bridgehead atoms. The predicted octanol–water partition coefficient (Wildman–Crippen LogP) is 2.99. The monoisotopic (exact) mass is 275 g/mol. The second-order valence-electron chi connectivity index (χ2n) is 6.14. The first-order chi connectivity index (χ1) is 9.70. The van der Waals surface area contributed by atoms with Crippen LogP contribution in [0.5, 0.6) is 0 Å². The summed E-state index contributed by atoms with van der Waals surface area (Å²) in [5.41, 5.74) is 2.46. The number of nitrogens with zero attached hydrogens (tertiary/aromatic N) is 2. The van der Waals surface area contributed by atoms with Gasteiger partial charge in [0.15, 0.2) is 0 Å². The Balaban J connectivity index is 1.82. The molecule has 2 unspecified atom stereocenters. The molecule has 2 heterocycles. The highest BCUT2D eigenvalue weighted by atomic mass is 15.1. The van der Waals surface area contributed by atoms with Gasteiger partial charge in [0.25, 0.3) is 0 Å². The lowest BCUT2D eigenvalue weighted by Crippen LogP contribution is -2.44. The van der Waals surface area contributed by atoms with Crippen LogP contribution < -0.4 is 5.32 Å². The molecule has 0 saturated carbocycles. The lowest BCUT2D eigenvalue weighted by atomic mass is 9.91. The topological polar surface area (TPSA) is 28.2 Å². The molecular weight excluding hydrogens is 246 g/mol. The minimum Gasteiger partial charge on any atom is -0.308 e. The Bertz CT molecular complexity index is 403. The third-order valence-electron chi connectivity index (χ3n) is 4.50. The van der Waals surface area contributed by atoms with E-state index in [4.69, 9.17) is 0 Å². The minimum atomic E-state index is 0.566. The van der Waals surface area contributed by atoms with E-state index in [1.807, 2.05) is 12.3 Å². The van der Waals surface area contributed by atoms with Crippen molar-refractivity contribution in [2.24, 2.45) is 5.92 Å². The van der Waals surface area contributed by atoms with Gasteiger partial charge in [-0.15, -0.1) is 0 Å². The fourth-order valence-electron chi connectivity index (χ4n) is 3.15. The number of aromatic nitrogens is 1. The number of pyridine rings is 1. The molecule has 0 spiro atoms. The highest BCUT2D eigenvalue weighted by Crippen LogP contribution is 2.20. The van der Waals surface area contributed by atoms with Gasteiger partial charge in [-0.2, -0.15) is 0 Å². The van der Waals surface area contributed by atoms with E-state index in [1.54, 1.807) is 0 Å². The third kappa shape index (κ3) is 4.29. The summed E-state index contributed by atoms with van der Waals surface area (Å²) >= 11 is 0. The van der Waals surface area contributed by atoms with Crippen molar-refractivity contribution in [1.29, 1.82) is 0 Å². The normalized spacial score (nSPS) is 21.9. The van der Waals surface area contributed by atoms with Gasteiger partial charge in [-0.1, -0.05) is 13.0 Å². The molecule has 0 radical (unpaired) electrons. The van der Waals surface area contributed by atoms with E-state index in [9.17, 15) is 0 Å². The first-order valence-electron chi connectivity index (χ1n) is 8.07. The molecule has 0 aliphatic carbocycles. The molecule has 0 aromatic carbocycles. The highest BCUT2D eigenvalue weighted by molar-refractivity contribution is 5.17. The summed E-state index contributed by atoms with van der Waals surface area (Å²) in [6.07, 6.45) is 5.86. The lowest BCUT2D eigenvalue weighted by molar-refractivity contribution is 0.150. The zero-order valence-corrected chi connectivity index (χ0v) is 13.2. The Labute approximate surface area is 123 Å². The molecule has 1 N–H and O–H groups in total. The van der Waals surface area contributed by atoms with Crippen LogP contribution >= 0.6 is 0 Å². The molecule has 2 rings (SSSR count). The second kappa shape index (κ2) is 7.75. The van der Waals surface area contributed by atoms with Crippen molar-refractivity contribution in [2.45, 2.75) is 52.6 Å². The van der Waals surface area contributed by atoms with Crippen LogP contribution in [-0.4, -0.2) is 35.6 Å². The average Bonchev–Trinajstić information content (AvgIpc) is 2.47. The van der Waals surface area contributed by atoms with Crippen molar-refractivity contribution in [2.75, 3.05) is 19.6 Å². The molecule has 1 aliphatic heterocycles. The van der Waals surface area contributed by atoms with Crippen molar-refractivity contribution in [1.82, 2.24) is 15.2 Å². The summed E-state index contributed by atoms with van der Waals surface area (Å²) < 4.78 is 0. The molecule has 1 fully saturated rings. The van der Waals surface area contributed by atoms with Crippen LogP contribution in [0.3, 0.4) is 0 Å². The third-order valence-corrected chi connectivity index (χ3v) is 4.50. The number of likely N-dealkylation sites (tertiary alicyclic amines) is 1. The molecule has 3 nitrogen and oxygen atoms in total. The number of piperidine rings is 1. The maximum absolute atomic E-state index is 4.47. The number of hydrogen-bond donors (Lipinski definition) is 1. The highest BCUT2D eigenvalue weighted by Gasteiger charge is 2.23. The molecule has 1 aromatic rings. The van der Waals surface area contributed by atoms with Gasteiger partial charge in [-0.25, -0.2) is 0 Å². The molecule has 1 saturated heterocycles. The molecule has 0 amide bonds. The first-order valence-corrected chi connectivity index (χ1v) is 8.07. The van der Waals surface area contributed by atoms with Gasteiger partial charge in [0.1, 0.15) is 0 Å². The predicted molar refractivity (Wildman–Crippen MR) is 84.7 cm³/mol. The lowest BCUT2D eigenvalue weighted by Gasteiger charge is -2.36. The van der Waals surface area contributed by atoms with Crippen LogP contribution in [0.4, 0.5) is 0 Å². The summed E-state index contributed by atoms with van der Waals surface area (Å²) in [5, 5.41) is 3.68. The molecule has 20 heavy (non-hydrogen) atoms. The standard InChI is InChI=1S/C17H29N3/c1-4-10-20-11-6-8-16(13-20)15(3)19-12-17-14(2)7-5-9-18-17/h5,7,9,15-16,19H,4,6,8,10-13H2,1-3H3. The molecule has 1 aliphatic rings. The summed E-state index contributed by atoms with van der Waals surface area (Å²) in [5.74, 6) is 0.777. The Hall–Kier alpha value is -0.930. The Morgan fingerprint density at radius 3 is 3.10 bits per heavy atom. The maximum Gasteiger partial charge on any atom is 0.0570 e. The van der Waals surface area contributed by atoms with E-state index < -0.39 is 0 Å². The van der Waals surface area contributed by atoms with Gasteiger partial charge in [0, 0.05) is 25.3 Å². The zero-order chi connectivity index (χ0) is 14.4. The van der Waals surface area contributed by atoms with Gasteiger partial charge in [0.2, 0.25) is 0 Å². The van der Waals surface area contributed by atoms with Crippen molar-refractivity contribution in [3.8, 4) is 0 Å². The fourth-order valence-corrected chi connectivity index (χ4v) is 3.15. The van der Waals surface area contributed by atoms with E-state index >= 15 is 0 Å². The average molecular weight is 275 g/mol. The van der Waals surface area contributed by atoms with Gasteiger partial charge >= 0.3 is 0 Å². The Morgan fingerprint density at radius 2 is 2.35 bits per heavy atom. The van der Waals surface area contributed by atoms with Crippen molar-refractivity contribution >= 4 is 0 Å². The first kappa shape index (κ1) is 15.5. The summed E-state index contributed by atoms with van der Waals surface area (Å²) in [6.45, 7) is 11.4. The summed E-state index contributed by atoms with van der Waals surface area (Å²) in [6, 6.07) is 4.71. The number of aryl methyl sites for hydroxylation is 1. The largest absolute Gasteiger partial charge is 0.308 e. The van der Waals surface area contributed by atoms with E-state index in [0.717, 1.165) is 12.5 Å². The van der Waals surface area contributed by atoms with Crippen LogP contribution in [0.25, 0.3) is 0 Å². The Morgan fingerprint density at radius 1 is 1.50 bits per heavy atom. The van der Waals surface area contributed by atoms with Crippen LogP contribution in [-0.2, 0) is 6.54 Å². The molecule has 1 aromatic heterocycles. The van der Waals surface area contributed by atoms with Crippen molar-refractivity contribution in [3.63, 3.8) is 0 Å². The van der Waals surface area contributed by atoms with E-state index in [0.29, 0.717) is 6.04 Å². The molecule has 112 valence electrons. The van der Waals surface area contributed by atoms with Crippen LogP contribution in [0.2, 0.25) is 0 Å². The van der Waals surface area contributed by atoms with E-state index in [2.05, 4.69) is 42.0 Å². The quantitative estimate of drug-likeness (QED) is 0.865. The SMILES string of the molecule is CCCN1CCCC(C(C)NCc2ncccc2C)C1. The maximum atomic E-state index is 4.47. The molecule has 2 atom stereocenters. The van der Waals surface area contributed by atoms with Gasteiger partial charge in [-0.3, -0.25) is 4.98 Å². The van der Waals surface area contributed by atoms with E-state index in [-0.39, 0.29) is 0 Å². The molecular formula is C17H29N3. The Kier molecular flexibility index (Phi) is 5.99. The van der Waals surface area contributed by atoms with Gasteiger partial charge < -0.3 is 10.2 Å². The van der Waals surface area contributed by atoms with Crippen molar-refractivity contribution < 1.29 is 0 Å². The minimum absolute atomic E-state index is 0.566. The van der Waals surface area contributed by atoms with Gasteiger partial charge in [0.05, 0.1) is 5.69 Å². The van der Waals surface area contributed by atoms with Crippen LogP contribution in [0, 0.1) is 12.8 Å². The molecule has 3 heteroatoms. The van der Waals surface area contributed by atoms with Crippen molar-refractivity contribution in [3.05, 3.63) is 29.6 Å². The number of hydrogen-bond acceptors (Lipinski definition) is 3. The zero-order valence-electron chi connectivity index (χ0n) is 13.2. The summed E-state index contributed by atoms with van der Waals surface area (Å²) in [7, 11) is 0.